The van der Waals surface area contributed by atoms with E-state index in [0.29, 0.717) is 12.4 Å². The van der Waals surface area contributed by atoms with E-state index < -0.39 is 0 Å². The molecular weight excluding hydrogens is 310 g/mol. The van der Waals surface area contributed by atoms with Crippen LogP contribution in [0, 0.1) is 0 Å². The molecule has 0 saturated carbocycles. The topological polar surface area (TPSA) is 74.3 Å². The smallest absolute Gasteiger partial charge is 0.204 e. The van der Waals surface area contributed by atoms with Gasteiger partial charge in [0.25, 0.3) is 0 Å². The Hall–Kier alpha value is -2.22. The van der Waals surface area contributed by atoms with Gasteiger partial charge in [-0.1, -0.05) is 30.3 Å². The molecule has 0 aliphatic heterocycles. The number of nitrogens with zero attached hydrogens (tertiary/aromatic N) is 7. The zero-order chi connectivity index (χ0) is 16.1. The first-order valence-corrected chi connectivity index (χ1v) is 8.94. The van der Waals surface area contributed by atoms with Gasteiger partial charge in [-0.15, -0.1) is 10.2 Å². The molecule has 0 fully saturated rings. The minimum atomic E-state index is 0.472. The van der Waals surface area contributed by atoms with Crippen LogP contribution in [0.5, 0.6) is 0 Å². The Bertz CT molecular complexity index is 750. The lowest BCUT2D eigenvalue weighted by molar-refractivity contribution is 0.516. The number of aryl methyl sites for hydroxylation is 2. The van der Waals surface area contributed by atoms with Crippen LogP contribution < -0.4 is 0 Å². The molecule has 0 bridgehead atoms. The maximum atomic E-state index is 4.61. The van der Waals surface area contributed by atoms with Crippen LogP contribution in [0.25, 0.3) is 11.4 Å². The van der Waals surface area contributed by atoms with Gasteiger partial charge in [-0.05, 0) is 18.4 Å². The van der Waals surface area contributed by atoms with Gasteiger partial charge in [0.1, 0.15) is 6.54 Å². The molecule has 0 aliphatic rings. The van der Waals surface area contributed by atoms with E-state index >= 15 is 0 Å². The van der Waals surface area contributed by atoms with E-state index in [0.717, 1.165) is 35.9 Å². The summed E-state index contributed by atoms with van der Waals surface area (Å²) in [5.74, 6) is 3.38. The Kier molecular flexibility index (Phi) is 5.02. The van der Waals surface area contributed by atoms with E-state index in [-0.39, 0.29) is 0 Å². The molecule has 2 aromatic heterocycles. The predicted molar refractivity (Wildman–Crippen MR) is 90.1 cm³/mol. The number of hydrogen-bond acceptors (Lipinski definition) is 6. The fraction of sp³-hybridized carbons (Fsp3) is 0.400. The fourth-order valence-electron chi connectivity index (χ4n) is 2.24. The van der Waals surface area contributed by atoms with Gasteiger partial charge in [-0.25, -0.2) is 9.67 Å². The molecule has 2 heterocycles. The second kappa shape index (κ2) is 7.36. The van der Waals surface area contributed by atoms with Crippen molar-refractivity contribution < 1.29 is 0 Å². The summed E-state index contributed by atoms with van der Waals surface area (Å²) in [4.78, 5) is 6.17. The van der Waals surface area contributed by atoms with Gasteiger partial charge in [0.05, 0.1) is 0 Å². The summed E-state index contributed by atoms with van der Waals surface area (Å²) in [6.07, 6.45) is 2.96. The molecule has 0 unspecified atom stereocenters. The van der Waals surface area contributed by atoms with Crippen LogP contribution in [0.4, 0.5) is 0 Å². The molecule has 0 atom stereocenters. The summed E-state index contributed by atoms with van der Waals surface area (Å²) in [6.45, 7) is 3.31. The minimum absolute atomic E-state index is 0.472. The Labute approximate surface area is 139 Å². The average Bonchev–Trinajstić information content (AvgIpc) is 3.21. The largest absolute Gasteiger partial charge is 0.248 e. The van der Waals surface area contributed by atoms with Crippen molar-refractivity contribution in [3.8, 4) is 11.4 Å². The van der Waals surface area contributed by atoms with Crippen molar-refractivity contribution in [2.24, 2.45) is 0 Å². The van der Waals surface area contributed by atoms with Crippen LogP contribution >= 0.6 is 11.8 Å². The first kappa shape index (κ1) is 15.7. The molecule has 0 amide bonds. The third-order valence-corrected chi connectivity index (χ3v) is 4.00. The van der Waals surface area contributed by atoms with Gasteiger partial charge in [0, 0.05) is 24.3 Å². The first-order chi connectivity index (χ1) is 11.3. The van der Waals surface area contributed by atoms with Crippen molar-refractivity contribution in [3.63, 3.8) is 0 Å². The quantitative estimate of drug-likeness (QED) is 0.659. The Morgan fingerprint density at radius 1 is 1.13 bits per heavy atom. The summed E-state index contributed by atoms with van der Waals surface area (Å²) in [7, 11) is 0. The lowest BCUT2D eigenvalue weighted by Gasteiger charge is -2.00. The highest BCUT2D eigenvalue weighted by Crippen LogP contribution is 2.12. The van der Waals surface area contributed by atoms with Gasteiger partial charge in [-0.3, -0.25) is 0 Å². The molecule has 0 aliphatic carbocycles. The van der Waals surface area contributed by atoms with Crippen LogP contribution in [0.2, 0.25) is 0 Å². The van der Waals surface area contributed by atoms with Crippen LogP contribution in [-0.4, -0.2) is 47.0 Å². The van der Waals surface area contributed by atoms with Crippen molar-refractivity contribution in [2.45, 2.75) is 26.4 Å². The van der Waals surface area contributed by atoms with Crippen LogP contribution in [0.1, 0.15) is 18.6 Å². The van der Waals surface area contributed by atoms with E-state index in [4.69, 9.17) is 0 Å². The third kappa shape index (κ3) is 3.76. The molecule has 3 rings (SSSR count). The monoisotopic (exact) mass is 329 g/mol. The highest BCUT2D eigenvalue weighted by Gasteiger charge is 2.12. The molecule has 0 N–H and O–H groups in total. The number of aromatic nitrogens is 7. The number of thioether (sulfide) groups is 1. The molecule has 0 spiro atoms. The highest BCUT2D eigenvalue weighted by molar-refractivity contribution is 7.98. The fourth-order valence-corrected chi connectivity index (χ4v) is 2.62. The van der Waals surface area contributed by atoms with E-state index in [2.05, 4.69) is 38.7 Å². The van der Waals surface area contributed by atoms with E-state index in [9.17, 15) is 0 Å². The van der Waals surface area contributed by atoms with E-state index in [1.54, 1.807) is 16.6 Å². The first-order valence-electron chi connectivity index (χ1n) is 7.55. The van der Waals surface area contributed by atoms with Gasteiger partial charge in [0.2, 0.25) is 5.82 Å². The molecule has 0 radical (unpaired) electrons. The summed E-state index contributed by atoms with van der Waals surface area (Å²) in [5, 5.41) is 17.2. The summed E-state index contributed by atoms with van der Waals surface area (Å²) in [5.41, 5.74) is 0.955. The molecule has 0 saturated heterocycles. The standard InChI is InChI=1S/C15H19N7S/c1-3-21-14(16-13(18-21)9-10-23-2)11-22-19-15(17-20-22)12-7-5-4-6-8-12/h4-8H,3,9-11H2,1-2H3. The minimum Gasteiger partial charge on any atom is -0.248 e. The zero-order valence-electron chi connectivity index (χ0n) is 13.3. The summed E-state index contributed by atoms with van der Waals surface area (Å²) < 4.78 is 1.90. The van der Waals surface area contributed by atoms with Crippen molar-refractivity contribution >= 4 is 11.8 Å². The molecule has 120 valence electrons. The summed E-state index contributed by atoms with van der Waals surface area (Å²) >= 11 is 1.79. The molecule has 23 heavy (non-hydrogen) atoms. The Morgan fingerprint density at radius 2 is 1.96 bits per heavy atom. The van der Waals surface area contributed by atoms with Gasteiger partial charge >= 0.3 is 0 Å². The molecule has 1 aromatic carbocycles. The average molecular weight is 329 g/mol. The SMILES string of the molecule is CCn1nc(CCSC)nc1Cn1nnc(-c2ccccc2)n1. The van der Waals surface area contributed by atoms with E-state index in [1.807, 2.05) is 35.0 Å². The van der Waals surface area contributed by atoms with Gasteiger partial charge in [0.15, 0.2) is 11.6 Å². The number of hydrogen-bond donors (Lipinski definition) is 0. The van der Waals surface area contributed by atoms with Crippen molar-refractivity contribution in [2.75, 3.05) is 12.0 Å². The van der Waals surface area contributed by atoms with Crippen molar-refractivity contribution in [1.29, 1.82) is 0 Å². The van der Waals surface area contributed by atoms with Gasteiger partial charge < -0.3 is 0 Å². The number of rotatable bonds is 7. The lowest BCUT2D eigenvalue weighted by Crippen LogP contribution is -2.11. The maximum Gasteiger partial charge on any atom is 0.204 e. The molecule has 8 heteroatoms. The highest BCUT2D eigenvalue weighted by atomic mass is 32.2. The summed E-state index contributed by atoms with van der Waals surface area (Å²) in [6, 6.07) is 9.82. The second-order valence-corrected chi connectivity index (χ2v) is 6.00. The zero-order valence-corrected chi connectivity index (χ0v) is 14.1. The number of tetrazole rings is 1. The normalized spacial score (nSPS) is 11.0. The van der Waals surface area contributed by atoms with Crippen LogP contribution in [0.3, 0.4) is 0 Å². The molecule has 3 aromatic rings. The van der Waals surface area contributed by atoms with Crippen molar-refractivity contribution in [3.05, 3.63) is 42.0 Å². The third-order valence-electron chi connectivity index (χ3n) is 3.39. The van der Waals surface area contributed by atoms with E-state index in [1.165, 1.54) is 0 Å². The predicted octanol–water partition coefficient (Wildman–Crippen LogP) is 1.91. The lowest BCUT2D eigenvalue weighted by atomic mass is 10.2. The molecule has 7 nitrogen and oxygen atoms in total. The van der Waals surface area contributed by atoms with Gasteiger partial charge in [-0.2, -0.15) is 21.7 Å². The molecular formula is C15H19N7S. The van der Waals surface area contributed by atoms with Crippen molar-refractivity contribution in [1.82, 2.24) is 35.0 Å². The Balaban J connectivity index is 1.77. The maximum absolute atomic E-state index is 4.61. The van der Waals surface area contributed by atoms with Crippen LogP contribution in [-0.2, 0) is 19.5 Å². The second-order valence-electron chi connectivity index (χ2n) is 5.01. The Morgan fingerprint density at radius 3 is 2.70 bits per heavy atom. The van der Waals surface area contributed by atoms with Crippen LogP contribution in [0.15, 0.2) is 30.3 Å². The number of benzene rings is 1.